The van der Waals surface area contributed by atoms with Gasteiger partial charge in [0.2, 0.25) is 0 Å². The fraction of sp³-hybridized carbons (Fsp3) is 0.500. The molecule has 1 atom stereocenters. The highest BCUT2D eigenvalue weighted by Gasteiger charge is 2.22. The topological polar surface area (TPSA) is 47.5 Å². The fourth-order valence-electron chi connectivity index (χ4n) is 3.76. The van der Waals surface area contributed by atoms with Gasteiger partial charge in [-0.3, -0.25) is 0 Å². The van der Waals surface area contributed by atoms with Gasteiger partial charge in [-0.05, 0) is 43.7 Å². The summed E-state index contributed by atoms with van der Waals surface area (Å²) in [4.78, 5) is 11.4. The van der Waals surface area contributed by atoms with Gasteiger partial charge in [-0.25, -0.2) is 9.97 Å². The van der Waals surface area contributed by atoms with E-state index in [0.717, 1.165) is 55.5 Å². The molecule has 5 nitrogen and oxygen atoms in total. The van der Waals surface area contributed by atoms with Crippen molar-refractivity contribution in [2.24, 2.45) is 5.92 Å². The van der Waals surface area contributed by atoms with Gasteiger partial charge in [-0.1, -0.05) is 6.07 Å². The van der Waals surface area contributed by atoms with Crippen LogP contribution in [-0.4, -0.2) is 36.8 Å². The van der Waals surface area contributed by atoms with E-state index in [1.807, 2.05) is 12.1 Å². The Bertz CT molecular complexity index is 729. The van der Waals surface area contributed by atoms with Gasteiger partial charge in [-0.2, -0.15) is 0 Å². The first-order valence-corrected chi connectivity index (χ1v) is 9.17. The minimum absolute atomic E-state index is 0.449. The quantitative estimate of drug-likeness (QED) is 0.855. The van der Waals surface area contributed by atoms with Gasteiger partial charge in [0.05, 0.1) is 13.7 Å². The third-order valence-corrected chi connectivity index (χ3v) is 5.14. The summed E-state index contributed by atoms with van der Waals surface area (Å²) < 4.78 is 11.2. The second-order valence-corrected chi connectivity index (χ2v) is 6.97. The van der Waals surface area contributed by atoms with Gasteiger partial charge >= 0.3 is 0 Å². The van der Waals surface area contributed by atoms with Crippen molar-refractivity contribution in [1.29, 1.82) is 0 Å². The van der Waals surface area contributed by atoms with Crippen LogP contribution < -0.4 is 14.4 Å². The van der Waals surface area contributed by atoms with E-state index in [1.165, 1.54) is 24.8 Å². The molecule has 0 radical (unpaired) electrons. The van der Waals surface area contributed by atoms with Crippen molar-refractivity contribution in [3.63, 3.8) is 0 Å². The molecule has 1 aromatic heterocycles. The van der Waals surface area contributed by atoms with Gasteiger partial charge in [0.1, 0.15) is 23.6 Å². The Morgan fingerprint density at radius 2 is 2.04 bits per heavy atom. The zero-order valence-electron chi connectivity index (χ0n) is 14.8. The molecule has 1 saturated heterocycles. The summed E-state index contributed by atoms with van der Waals surface area (Å²) in [5.41, 5.74) is 2.36. The van der Waals surface area contributed by atoms with Crippen molar-refractivity contribution < 1.29 is 9.47 Å². The first-order valence-electron chi connectivity index (χ1n) is 9.17. The zero-order chi connectivity index (χ0) is 17.1. The molecule has 5 heteroatoms. The minimum atomic E-state index is 0.449. The molecule has 0 N–H and O–H groups in total. The molecule has 1 fully saturated rings. The summed E-state index contributed by atoms with van der Waals surface area (Å²) in [6.45, 7) is 2.94. The summed E-state index contributed by atoms with van der Waals surface area (Å²) >= 11 is 0. The molecular weight excluding hydrogens is 314 g/mol. The third kappa shape index (κ3) is 3.70. The summed E-state index contributed by atoms with van der Waals surface area (Å²) in [5.74, 6) is 3.32. The number of aromatic nitrogens is 2. The number of nitrogens with zero attached hydrogens (tertiary/aromatic N) is 3. The largest absolute Gasteiger partial charge is 0.497 e. The molecule has 2 aromatic rings. The van der Waals surface area contributed by atoms with E-state index < -0.39 is 0 Å². The summed E-state index contributed by atoms with van der Waals surface area (Å²) in [6, 6.07) is 8.25. The van der Waals surface area contributed by atoms with Crippen molar-refractivity contribution in [3.8, 4) is 11.5 Å². The summed E-state index contributed by atoms with van der Waals surface area (Å²) in [7, 11) is 1.68. The Kier molecular flexibility index (Phi) is 4.72. The highest BCUT2D eigenvalue weighted by molar-refractivity contribution is 5.42. The van der Waals surface area contributed by atoms with E-state index in [9.17, 15) is 0 Å². The Morgan fingerprint density at radius 3 is 2.88 bits per heavy atom. The van der Waals surface area contributed by atoms with E-state index in [0.29, 0.717) is 5.92 Å². The first-order chi connectivity index (χ1) is 12.3. The van der Waals surface area contributed by atoms with Crippen molar-refractivity contribution >= 4 is 5.82 Å². The molecule has 0 amide bonds. The average Bonchev–Trinajstić information content (AvgIpc) is 2.68. The molecule has 0 spiro atoms. The summed E-state index contributed by atoms with van der Waals surface area (Å²) in [5, 5.41) is 0. The van der Waals surface area contributed by atoms with Crippen LogP contribution in [0.15, 0.2) is 30.6 Å². The number of hydrogen-bond donors (Lipinski definition) is 0. The van der Waals surface area contributed by atoms with Gasteiger partial charge in [0, 0.05) is 36.8 Å². The number of piperidine rings is 1. The lowest BCUT2D eigenvalue weighted by molar-refractivity contribution is 0.219. The number of ether oxygens (including phenoxy) is 2. The van der Waals surface area contributed by atoms with Crippen LogP contribution in [0.4, 0.5) is 5.82 Å². The van der Waals surface area contributed by atoms with E-state index >= 15 is 0 Å². The maximum Gasteiger partial charge on any atom is 0.132 e. The number of rotatable bonds is 4. The Morgan fingerprint density at radius 1 is 1.16 bits per heavy atom. The van der Waals surface area contributed by atoms with Crippen LogP contribution in [0.5, 0.6) is 11.5 Å². The van der Waals surface area contributed by atoms with Crippen LogP contribution in [0.2, 0.25) is 0 Å². The lowest BCUT2D eigenvalue weighted by atomic mass is 9.92. The van der Waals surface area contributed by atoms with Crippen molar-refractivity contribution in [1.82, 2.24) is 9.97 Å². The molecule has 0 bridgehead atoms. The van der Waals surface area contributed by atoms with E-state index in [2.05, 4.69) is 27.0 Å². The maximum atomic E-state index is 5.96. The second kappa shape index (κ2) is 7.30. The van der Waals surface area contributed by atoms with E-state index in [-0.39, 0.29) is 0 Å². The molecule has 0 aliphatic carbocycles. The Balaban J connectivity index is 1.44. The Hall–Kier alpha value is -2.30. The standard InChI is InChI=1S/C20H25N3O2/c1-24-18-6-5-16-9-15(13-25-19(16)12-18)10-17-11-20(22-14-21-17)23-7-3-2-4-8-23/h5-6,11-12,14-15H,2-4,7-10,13H2,1H3/t15-/m0/s1. The molecule has 0 unspecified atom stereocenters. The van der Waals surface area contributed by atoms with Crippen LogP contribution in [-0.2, 0) is 12.8 Å². The monoisotopic (exact) mass is 339 g/mol. The average molecular weight is 339 g/mol. The van der Waals surface area contributed by atoms with Crippen molar-refractivity contribution in [2.45, 2.75) is 32.1 Å². The molecule has 0 saturated carbocycles. The molecule has 132 valence electrons. The van der Waals surface area contributed by atoms with Gasteiger partial charge in [-0.15, -0.1) is 0 Å². The normalized spacial score (nSPS) is 19.9. The number of hydrogen-bond acceptors (Lipinski definition) is 5. The van der Waals surface area contributed by atoms with Crippen molar-refractivity contribution in [3.05, 3.63) is 41.9 Å². The zero-order valence-corrected chi connectivity index (χ0v) is 14.8. The number of benzene rings is 1. The molecule has 2 aliphatic heterocycles. The smallest absolute Gasteiger partial charge is 0.132 e. The molecule has 2 aliphatic rings. The fourth-order valence-corrected chi connectivity index (χ4v) is 3.76. The predicted octanol–water partition coefficient (Wildman–Crippen LogP) is 3.27. The Labute approximate surface area is 149 Å². The highest BCUT2D eigenvalue weighted by atomic mass is 16.5. The minimum Gasteiger partial charge on any atom is -0.497 e. The lowest BCUT2D eigenvalue weighted by Gasteiger charge is -2.28. The predicted molar refractivity (Wildman–Crippen MR) is 97.5 cm³/mol. The van der Waals surface area contributed by atoms with Crippen LogP contribution in [0.3, 0.4) is 0 Å². The van der Waals surface area contributed by atoms with Crippen molar-refractivity contribution in [2.75, 3.05) is 31.7 Å². The second-order valence-electron chi connectivity index (χ2n) is 6.97. The summed E-state index contributed by atoms with van der Waals surface area (Å²) in [6.07, 6.45) is 7.50. The van der Waals surface area contributed by atoms with Crippen LogP contribution in [0.1, 0.15) is 30.5 Å². The molecule has 1 aromatic carbocycles. The van der Waals surface area contributed by atoms with Gasteiger partial charge in [0.25, 0.3) is 0 Å². The lowest BCUT2D eigenvalue weighted by Crippen LogP contribution is -2.30. The van der Waals surface area contributed by atoms with Gasteiger partial charge < -0.3 is 14.4 Å². The SMILES string of the molecule is COc1ccc2c(c1)OC[C@H](Cc1cc(N3CCCCC3)ncn1)C2. The number of methoxy groups -OCH3 is 1. The molecule has 4 rings (SSSR count). The van der Waals surface area contributed by atoms with Crippen LogP contribution in [0.25, 0.3) is 0 Å². The molecule has 25 heavy (non-hydrogen) atoms. The molecule has 3 heterocycles. The van der Waals surface area contributed by atoms with E-state index in [1.54, 1.807) is 13.4 Å². The van der Waals surface area contributed by atoms with E-state index in [4.69, 9.17) is 9.47 Å². The van der Waals surface area contributed by atoms with Crippen LogP contribution in [0, 0.1) is 5.92 Å². The molecular formula is C20H25N3O2. The highest BCUT2D eigenvalue weighted by Crippen LogP contribution is 2.32. The third-order valence-electron chi connectivity index (χ3n) is 5.14. The number of anilines is 1. The maximum absolute atomic E-state index is 5.96. The first kappa shape index (κ1) is 16.2. The number of fused-ring (bicyclic) bond motifs is 1. The van der Waals surface area contributed by atoms with Crippen LogP contribution >= 0.6 is 0 Å². The van der Waals surface area contributed by atoms with Gasteiger partial charge in [0.15, 0.2) is 0 Å².